The summed E-state index contributed by atoms with van der Waals surface area (Å²) in [5, 5.41) is 11.5. The van der Waals surface area contributed by atoms with Crippen LogP contribution in [0, 0.1) is 0 Å². The Labute approximate surface area is 139 Å². The second kappa shape index (κ2) is 6.05. The van der Waals surface area contributed by atoms with Gasteiger partial charge >= 0.3 is 0 Å². The number of rotatable bonds is 4. The second-order valence-electron chi connectivity index (χ2n) is 6.22. The van der Waals surface area contributed by atoms with Gasteiger partial charge in [0.15, 0.2) is 0 Å². The molecule has 23 heavy (non-hydrogen) atoms. The van der Waals surface area contributed by atoms with Crippen molar-refractivity contribution in [3.63, 3.8) is 0 Å². The first-order valence-electron chi connectivity index (χ1n) is 7.44. The summed E-state index contributed by atoms with van der Waals surface area (Å²) in [7, 11) is 0. The molecule has 0 saturated heterocycles. The van der Waals surface area contributed by atoms with Crippen LogP contribution in [0.1, 0.15) is 29.8 Å². The zero-order valence-electron chi connectivity index (χ0n) is 13.1. The Hall–Kier alpha value is -2.33. The van der Waals surface area contributed by atoms with E-state index in [1.54, 1.807) is 12.3 Å². The lowest BCUT2D eigenvalue weighted by molar-refractivity contribution is 0.0947. The summed E-state index contributed by atoms with van der Waals surface area (Å²) in [6.45, 7) is 4.67. The minimum Gasteiger partial charge on any atom is -0.351 e. The molecule has 0 saturated carbocycles. The van der Waals surface area contributed by atoms with Crippen LogP contribution in [0.15, 0.2) is 48.7 Å². The van der Waals surface area contributed by atoms with Gasteiger partial charge in [-0.05, 0) is 23.8 Å². The molecule has 1 heterocycles. The van der Waals surface area contributed by atoms with Crippen LogP contribution in [0.25, 0.3) is 10.9 Å². The maximum Gasteiger partial charge on any atom is 0.253 e. The van der Waals surface area contributed by atoms with Gasteiger partial charge < -0.3 is 5.32 Å². The van der Waals surface area contributed by atoms with Crippen molar-refractivity contribution in [1.29, 1.82) is 0 Å². The van der Waals surface area contributed by atoms with Crippen molar-refractivity contribution in [2.24, 2.45) is 0 Å². The first kappa shape index (κ1) is 15.6. The fourth-order valence-corrected chi connectivity index (χ4v) is 2.76. The van der Waals surface area contributed by atoms with Crippen molar-refractivity contribution >= 4 is 28.4 Å². The van der Waals surface area contributed by atoms with E-state index in [4.69, 9.17) is 11.6 Å². The lowest BCUT2D eigenvalue weighted by Gasteiger charge is -2.26. The molecule has 118 valence electrons. The quantitative estimate of drug-likeness (QED) is 0.763. The molecule has 0 aliphatic heterocycles. The number of H-pyrrole nitrogens is 1. The predicted octanol–water partition coefficient (Wildman–Crippen LogP) is 3.92. The second-order valence-corrected chi connectivity index (χ2v) is 6.65. The first-order valence-corrected chi connectivity index (χ1v) is 7.81. The molecule has 1 aromatic heterocycles. The Kier molecular flexibility index (Phi) is 4.09. The number of aromatic amines is 1. The van der Waals surface area contributed by atoms with E-state index < -0.39 is 0 Å². The van der Waals surface area contributed by atoms with Crippen molar-refractivity contribution in [2.75, 3.05) is 6.54 Å². The molecule has 5 heteroatoms. The number of nitrogens with zero attached hydrogens (tertiary/aromatic N) is 1. The number of aromatic nitrogens is 2. The van der Waals surface area contributed by atoms with Gasteiger partial charge in [0, 0.05) is 22.4 Å². The molecule has 0 fully saturated rings. The van der Waals surface area contributed by atoms with Crippen LogP contribution in [0.3, 0.4) is 0 Å². The monoisotopic (exact) mass is 327 g/mol. The molecule has 2 N–H and O–H groups in total. The number of hydrogen-bond donors (Lipinski definition) is 2. The van der Waals surface area contributed by atoms with Crippen molar-refractivity contribution in [2.45, 2.75) is 19.3 Å². The van der Waals surface area contributed by atoms with Crippen LogP contribution >= 0.6 is 11.6 Å². The Bertz CT molecular complexity index is 854. The highest BCUT2D eigenvalue weighted by molar-refractivity contribution is 6.30. The summed E-state index contributed by atoms with van der Waals surface area (Å²) in [6.07, 6.45) is 1.71. The minimum absolute atomic E-state index is 0.116. The molecule has 2 aromatic carbocycles. The summed E-state index contributed by atoms with van der Waals surface area (Å²) in [6, 6.07) is 13.3. The summed E-state index contributed by atoms with van der Waals surface area (Å²) in [5.41, 5.74) is 2.22. The number of nitrogens with one attached hydrogen (secondary N) is 2. The van der Waals surface area contributed by atoms with Gasteiger partial charge in [0.05, 0.1) is 17.3 Å². The number of amides is 1. The van der Waals surface area contributed by atoms with E-state index in [-0.39, 0.29) is 11.3 Å². The highest BCUT2D eigenvalue weighted by Gasteiger charge is 2.22. The molecule has 0 aliphatic rings. The Morgan fingerprint density at radius 1 is 1.26 bits per heavy atom. The van der Waals surface area contributed by atoms with E-state index in [0.717, 1.165) is 16.5 Å². The van der Waals surface area contributed by atoms with Crippen LogP contribution in [-0.2, 0) is 5.41 Å². The molecule has 0 unspecified atom stereocenters. The smallest absolute Gasteiger partial charge is 0.253 e. The number of carbonyl (C=O) groups excluding carboxylic acids is 1. The van der Waals surface area contributed by atoms with Gasteiger partial charge in [-0.25, -0.2) is 0 Å². The maximum atomic E-state index is 12.5. The van der Waals surface area contributed by atoms with E-state index in [1.807, 2.05) is 36.4 Å². The molecule has 1 amide bonds. The third-order valence-corrected chi connectivity index (χ3v) is 4.25. The molecule has 0 aliphatic carbocycles. The highest BCUT2D eigenvalue weighted by Crippen LogP contribution is 2.25. The standard InChI is InChI=1S/C18H18ClN3O/c1-18(2,13-6-4-7-14(19)9-13)11-20-17(23)15-8-3-5-12-10-21-22-16(12)15/h3-10H,11H2,1-2H3,(H,20,23)(H,21,22). The average molecular weight is 328 g/mol. The number of fused-ring (bicyclic) bond motifs is 1. The number of carbonyl (C=O) groups is 1. The molecule has 4 nitrogen and oxygen atoms in total. The minimum atomic E-state index is -0.220. The van der Waals surface area contributed by atoms with E-state index in [2.05, 4.69) is 29.4 Å². The van der Waals surface area contributed by atoms with Crippen LogP contribution in [0.2, 0.25) is 5.02 Å². The van der Waals surface area contributed by atoms with Gasteiger partial charge in [-0.1, -0.05) is 49.7 Å². The van der Waals surface area contributed by atoms with Crippen molar-refractivity contribution < 1.29 is 4.79 Å². The molecule has 0 spiro atoms. The topological polar surface area (TPSA) is 57.8 Å². The van der Waals surface area contributed by atoms with Crippen molar-refractivity contribution in [3.05, 3.63) is 64.8 Å². The largest absolute Gasteiger partial charge is 0.351 e. The fraction of sp³-hybridized carbons (Fsp3) is 0.222. The van der Waals surface area contributed by atoms with Crippen LogP contribution in [-0.4, -0.2) is 22.6 Å². The molecular weight excluding hydrogens is 310 g/mol. The third kappa shape index (κ3) is 3.22. The third-order valence-electron chi connectivity index (χ3n) is 4.02. The predicted molar refractivity (Wildman–Crippen MR) is 92.9 cm³/mol. The molecular formula is C18H18ClN3O. The average Bonchev–Trinajstić information content (AvgIpc) is 3.01. The van der Waals surface area contributed by atoms with Crippen molar-refractivity contribution in [1.82, 2.24) is 15.5 Å². The van der Waals surface area contributed by atoms with Gasteiger partial charge in [-0.3, -0.25) is 9.89 Å². The van der Waals surface area contributed by atoms with E-state index in [9.17, 15) is 4.79 Å². The van der Waals surface area contributed by atoms with Crippen LogP contribution in [0.5, 0.6) is 0 Å². The molecule has 3 aromatic rings. The first-order chi connectivity index (χ1) is 11.0. The fourth-order valence-electron chi connectivity index (χ4n) is 2.57. The van der Waals surface area contributed by atoms with Crippen LogP contribution < -0.4 is 5.32 Å². The molecule has 0 radical (unpaired) electrons. The van der Waals surface area contributed by atoms with Gasteiger partial charge in [0.1, 0.15) is 0 Å². The zero-order chi connectivity index (χ0) is 16.4. The molecule has 0 bridgehead atoms. The summed E-state index contributed by atoms with van der Waals surface area (Å²) >= 11 is 6.06. The Morgan fingerprint density at radius 2 is 2.04 bits per heavy atom. The summed E-state index contributed by atoms with van der Waals surface area (Å²) < 4.78 is 0. The lowest BCUT2D eigenvalue weighted by Crippen LogP contribution is -2.36. The SMILES string of the molecule is CC(C)(CNC(=O)c1cccc2cn[nH]c12)c1cccc(Cl)c1. The molecule has 0 atom stereocenters. The normalized spacial score (nSPS) is 11.6. The van der Waals surface area contributed by atoms with E-state index in [1.165, 1.54) is 0 Å². The highest BCUT2D eigenvalue weighted by atomic mass is 35.5. The van der Waals surface area contributed by atoms with Gasteiger partial charge in [0.2, 0.25) is 0 Å². The van der Waals surface area contributed by atoms with E-state index in [0.29, 0.717) is 17.1 Å². The Balaban J connectivity index is 1.77. The lowest BCUT2D eigenvalue weighted by atomic mass is 9.84. The number of para-hydroxylation sites is 1. The van der Waals surface area contributed by atoms with Crippen molar-refractivity contribution in [3.8, 4) is 0 Å². The van der Waals surface area contributed by atoms with Crippen LogP contribution in [0.4, 0.5) is 0 Å². The summed E-state index contributed by atoms with van der Waals surface area (Å²) in [5.74, 6) is -0.116. The van der Waals surface area contributed by atoms with Gasteiger partial charge in [-0.2, -0.15) is 5.10 Å². The van der Waals surface area contributed by atoms with Gasteiger partial charge in [-0.15, -0.1) is 0 Å². The maximum absolute atomic E-state index is 12.5. The van der Waals surface area contributed by atoms with Gasteiger partial charge in [0.25, 0.3) is 5.91 Å². The Morgan fingerprint density at radius 3 is 2.83 bits per heavy atom. The zero-order valence-corrected chi connectivity index (χ0v) is 13.8. The number of benzene rings is 2. The summed E-state index contributed by atoms with van der Waals surface area (Å²) in [4.78, 5) is 12.5. The number of halogens is 1. The number of hydrogen-bond acceptors (Lipinski definition) is 2. The van der Waals surface area contributed by atoms with E-state index >= 15 is 0 Å². The molecule has 3 rings (SSSR count).